The highest BCUT2D eigenvalue weighted by Gasteiger charge is 2.38. The van der Waals surface area contributed by atoms with Crippen molar-refractivity contribution in [2.24, 2.45) is 5.41 Å². The average Bonchev–Trinajstić information content (AvgIpc) is 2.22. The maximum absolute atomic E-state index is 11.8. The molecule has 1 aliphatic heterocycles. The number of nitrogens with zero attached hydrogens (tertiary/aromatic N) is 1. The maximum Gasteiger partial charge on any atom is 0.308 e. The van der Waals surface area contributed by atoms with Crippen LogP contribution in [-0.2, 0) is 19.1 Å². The first kappa shape index (κ1) is 15.6. The second-order valence-electron chi connectivity index (χ2n) is 5.58. The fourth-order valence-corrected chi connectivity index (χ4v) is 2.10. The van der Waals surface area contributed by atoms with Crippen molar-refractivity contribution < 1.29 is 24.2 Å². The van der Waals surface area contributed by atoms with E-state index >= 15 is 0 Å². The molecule has 1 aliphatic rings. The molecule has 0 saturated carbocycles. The second kappa shape index (κ2) is 6.14. The number of rotatable bonds is 5. The molecule has 0 aliphatic carbocycles. The van der Waals surface area contributed by atoms with Gasteiger partial charge in [0.05, 0.1) is 25.7 Å². The van der Waals surface area contributed by atoms with Gasteiger partial charge in [-0.3, -0.25) is 19.3 Å². The van der Waals surface area contributed by atoms with Crippen molar-refractivity contribution in [2.75, 3.05) is 13.2 Å². The van der Waals surface area contributed by atoms with E-state index in [0.717, 1.165) is 4.90 Å². The molecule has 0 aromatic heterocycles. The Bertz CT molecular complexity index is 357. The molecule has 0 radical (unpaired) electrons. The predicted molar refractivity (Wildman–Crippen MR) is 67.0 cm³/mol. The molecule has 1 heterocycles. The fraction of sp³-hybridized carbons (Fsp3) is 0.769. The number of ether oxygens (including phenoxy) is 1. The Morgan fingerprint density at radius 3 is 2.37 bits per heavy atom. The molecule has 1 atom stereocenters. The number of aliphatic hydroxyl groups excluding tert-OH is 1. The van der Waals surface area contributed by atoms with Gasteiger partial charge in [-0.25, -0.2) is 0 Å². The summed E-state index contributed by atoms with van der Waals surface area (Å²) in [7, 11) is 0. The quantitative estimate of drug-likeness (QED) is 0.580. The summed E-state index contributed by atoms with van der Waals surface area (Å²) in [5, 5.41) is 9.72. The molecule has 1 fully saturated rings. The molecule has 0 aromatic rings. The van der Waals surface area contributed by atoms with Crippen molar-refractivity contribution in [2.45, 2.75) is 46.1 Å². The van der Waals surface area contributed by atoms with E-state index in [4.69, 9.17) is 4.74 Å². The minimum atomic E-state index is -1.08. The number of aliphatic hydroxyl groups is 1. The second-order valence-corrected chi connectivity index (χ2v) is 5.58. The van der Waals surface area contributed by atoms with Gasteiger partial charge in [0.2, 0.25) is 11.8 Å². The lowest BCUT2D eigenvalue weighted by molar-refractivity contribution is -0.156. The first-order chi connectivity index (χ1) is 8.75. The lowest BCUT2D eigenvalue weighted by Crippen LogP contribution is -2.49. The van der Waals surface area contributed by atoms with Gasteiger partial charge in [-0.05, 0) is 12.3 Å². The number of amides is 2. The van der Waals surface area contributed by atoms with Crippen LogP contribution in [0.15, 0.2) is 0 Å². The smallest absolute Gasteiger partial charge is 0.308 e. The molecular formula is C13H21NO5. The predicted octanol–water partition coefficient (Wildman–Crippen LogP) is 0.476. The largest absolute Gasteiger partial charge is 0.466 e. The van der Waals surface area contributed by atoms with Crippen LogP contribution in [0, 0.1) is 5.41 Å². The summed E-state index contributed by atoms with van der Waals surface area (Å²) >= 11 is 0. The average molecular weight is 271 g/mol. The molecule has 19 heavy (non-hydrogen) atoms. The van der Waals surface area contributed by atoms with Crippen LogP contribution in [0.5, 0.6) is 0 Å². The number of esters is 1. The minimum Gasteiger partial charge on any atom is -0.466 e. The topological polar surface area (TPSA) is 83.9 Å². The van der Waals surface area contributed by atoms with Gasteiger partial charge >= 0.3 is 5.97 Å². The van der Waals surface area contributed by atoms with Gasteiger partial charge in [0, 0.05) is 12.8 Å². The van der Waals surface area contributed by atoms with Crippen LogP contribution >= 0.6 is 0 Å². The Hall–Kier alpha value is -1.43. The van der Waals surface area contributed by atoms with Crippen molar-refractivity contribution in [1.29, 1.82) is 0 Å². The van der Waals surface area contributed by atoms with Crippen molar-refractivity contribution in [3.63, 3.8) is 0 Å². The third-order valence-electron chi connectivity index (χ3n) is 2.96. The van der Waals surface area contributed by atoms with Crippen LogP contribution in [0.3, 0.4) is 0 Å². The van der Waals surface area contributed by atoms with Gasteiger partial charge < -0.3 is 9.84 Å². The normalized spacial score (nSPS) is 20.3. The summed E-state index contributed by atoms with van der Waals surface area (Å²) in [6, 6.07) is 0. The number of carbonyl (C=O) groups is 3. The van der Waals surface area contributed by atoms with Crippen LogP contribution in [-0.4, -0.2) is 47.0 Å². The Kier molecular flexibility index (Phi) is 5.05. The number of β-amino-alcohol motifs (C(OH)–C–C–N with tert-alkyl or cyclic N) is 1. The fourth-order valence-electron chi connectivity index (χ4n) is 2.10. The lowest BCUT2D eigenvalue weighted by atomic mass is 9.81. The van der Waals surface area contributed by atoms with E-state index in [9.17, 15) is 19.5 Å². The first-order valence-electron chi connectivity index (χ1n) is 6.42. The van der Waals surface area contributed by atoms with E-state index < -0.39 is 12.1 Å². The number of hydrogen-bond donors (Lipinski definition) is 1. The van der Waals surface area contributed by atoms with Crippen LogP contribution < -0.4 is 0 Å². The van der Waals surface area contributed by atoms with E-state index in [0.29, 0.717) is 0 Å². The Morgan fingerprint density at radius 1 is 1.37 bits per heavy atom. The number of piperidine rings is 1. The summed E-state index contributed by atoms with van der Waals surface area (Å²) < 4.78 is 4.70. The number of imide groups is 1. The molecular weight excluding hydrogens is 250 g/mol. The zero-order valence-corrected chi connectivity index (χ0v) is 11.6. The van der Waals surface area contributed by atoms with Gasteiger partial charge in [-0.15, -0.1) is 0 Å². The van der Waals surface area contributed by atoms with Crippen LogP contribution in [0.1, 0.15) is 40.0 Å². The molecule has 1 unspecified atom stereocenters. The highest BCUT2D eigenvalue weighted by atomic mass is 16.5. The van der Waals surface area contributed by atoms with Crippen molar-refractivity contribution in [3.8, 4) is 0 Å². The molecule has 0 spiro atoms. The van der Waals surface area contributed by atoms with Gasteiger partial charge in [-0.1, -0.05) is 13.8 Å². The van der Waals surface area contributed by atoms with Crippen LogP contribution in [0.2, 0.25) is 0 Å². The molecule has 108 valence electrons. The standard InChI is InChI=1S/C13H21NO5/c1-4-19-12(18)5-9(15)8-14-10(16)6-13(2,3)7-11(14)17/h9,15H,4-8H2,1-3H3. The summed E-state index contributed by atoms with van der Waals surface area (Å²) in [6.45, 7) is 5.47. The third kappa shape index (κ3) is 4.63. The molecule has 1 N–H and O–H groups in total. The lowest BCUT2D eigenvalue weighted by Gasteiger charge is -2.35. The molecule has 0 bridgehead atoms. The summed E-state index contributed by atoms with van der Waals surface area (Å²) in [5.41, 5.74) is -0.337. The zero-order valence-electron chi connectivity index (χ0n) is 11.6. The molecule has 1 saturated heterocycles. The SMILES string of the molecule is CCOC(=O)CC(O)CN1C(=O)CC(C)(C)CC1=O. The first-order valence-corrected chi connectivity index (χ1v) is 6.42. The summed E-state index contributed by atoms with van der Waals surface area (Å²) in [6.07, 6.45) is -0.752. The third-order valence-corrected chi connectivity index (χ3v) is 2.96. The maximum atomic E-state index is 11.8. The monoisotopic (exact) mass is 271 g/mol. The van der Waals surface area contributed by atoms with E-state index in [-0.39, 0.29) is 49.6 Å². The van der Waals surface area contributed by atoms with Gasteiger partial charge in [0.25, 0.3) is 0 Å². The van der Waals surface area contributed by atoms with Crippen LogP contribution in [0.4, 0.5) is 0 Å². The molecule has 0 aromatic carbocycles. The van der Waals surface area contributed by atoms with Gasteiger partial charge in [0.1, 0.15) is 0 Å². The molecule has 6 nitrogen and oxygen atoms in total. The highest BCUT2D eigenvalue weighted by molar-refractivity contribution is 5.98. The van der Waals surface area contributed by atoms with Crippen molar-refractivity contribution in [3.05, 3.63) is 0 Å². The Labute approximate surface area is 112 Å². The number of hydrogen-bond acceptors (Lipinski definition) is 5. The molecule has 1 rings (SSSR count). The number of likely N-dealkylation sites (tertiary alicyclic amines) is 1. The van der Waals surface area contributed by atoms with Crippen molar-refractivity contribution in [1.82, 2.24) is 4.90 Å². The Morgan fingerprint density at radius 2 is 1.89 bits per heavy atom. The highest BCUT2D eigenvalue weighted by Crippen LogP contribution is 2.31. The summed E-state index contributed by atoms with van der Waals surface area (Å²) in [5.74, 6) is -1.14. The zero-order chi connectivity index (χ0) is 14.6. The molecule has 2 amide bonds. The minimum absolute atomic E-state index is 0.146. The van der Waals surface area contributed by atoms with E-state index in [1.165, 1.54) is 0 Å². The van der Waals surface area contributed by atoms with Crippen LogP contribution in [0.25, 0.3) is 0 Å². The van der Waals surface area contributed by atoms with Gasteiger partial charge in [-0.2, -0.15) is 0 Å². The number of carbonyl (C=O) groups excluding carboxylic acids is 3. The summed E-state index contributed by atoms with van der Waals surface area (Å²) in [4.78, 5) is 35.9. The van der Waals surface area contributed by atoms with E-state index in [2.05, 4.69) is 0 Å². The molecule has 6 heteroatoms. The Balaban J connectivity index is 2.54. The van der Waals surface area contributed by atoms with Crippen molar-refractivity contribution >= 4 is 17.8 Å². The van der Waals surface area contributed by atoms with Gasteiger partial charge in [0.15, 0.2) is 0 Å². The van der Waals surface area contributed by atoms with E-state index in [1.54, 1.807) is 6.92 Å². The van der Waals surface area contributed by atoms with E-state index in [1.807, 2.05) is 13.8 Å².